The van der Waals surface area contributed by atoms with Crippen molar-refractivity contribution in [3.05, 3.63) is 56.4 Å². The van der Waals surface area contributed by atoms with Crippen molar-refractivity contribution in [1.82, 2.24) is 30.2 Å². The van der Waals surface area contributed by atoms with Crippen molar-refractivity contribution >= 4 is 39.0 Å². The minimum absolute atomic E-state index is 0.145. The summed E-state index contributed by atoms with van der Waals surface area (Å²) in [5, 5.41) is 18.6. The summed E-state index contributed by atoms with van der Waals surface area (Å²) in [5.41, 5.74) is 1.21. The summed E-state index contributed by atoms with van der Waals surface area (Å²) in [6.07, 6.45) is 0. The number of hydrogen-bond donors (Lipinski definition) is 2. The number of tetrazole rings is 1. The summed E-state index contributed by atoms with van der Waals surface area (Å²) in [6, 6.07) is 6.97. The Kier molecular flexibility index (Phi) is 4.17. The number of nitrogens with one attached hydrogen (secondary N) is 2. The highest BCUT2D eigenvalue weighted by atomic mass is 35.5. The first kappa shape index (κ1) is 16.7. The Morgan fingerprint density at radius 2 is 2.19 bits per heavy atom. The van der Waals surface area contributed by atoms with E-state index in [9.17, 15) is 4.79 Å². The summed E-state index contributed by atoms with van der Waals surface area (Å²) < 4.78 is 1.55. The van der Waals surface area contributed by atoms with Crippen LogP contribution in [0.5, 0.6) is 0 Å². The van der Waals surface area contributed by atoms with E-state index in [1.165, 1.54) is 11.3 Å². The van der Waals surface area contributed by atoms with Crippen LogP contribution in [-0.4, -0.2) is 30.2 Å². The fourth-order valence-corrected chi connectivity index (χ4v) is 3.59. The summed E-state index contributed by atoms with van der Waals surface area (Å²) >= 11 is 7.47. The van der Waals surface area contributed by atoms with Gasteiger partial charge < -0.3 is 10.3 Å². The molecule has 0 aliphatic heterocycles. The van der Waals surface area contributed by atoms with Crippen LogP contribution in [0.15, 0.2) is 34.4 Å². The lowest BCUT2D eigenvalue weighted by Gasteiger charge is -2.13. The molecule has 3 aromatic heterocycles. The maximum absolute atomic E-state index is 12.4. The molecule has 0 aliphatic carbocycles. The van der Waals surface area contributed by atoms with Crippen LogP contribution in [0, 0.1) is 6.92 Å². The minimum Gasteiger partial charge on any atom is -0.355 e. The molecule has 10 heteroatoms. The number of pyridine rings is 1. The molecule has 0 radical (unpaired) electrons. The quantitative estimate of drug-likeness (QED) is 0.558. The van der Waals surface area contributed by atoms with Gasteiger partial charge in [-0.1, -0.05) is 11.6 Å². The summed E-state index contributed by atoms with van der Waals surface area (Å²) in [7, 11) is 0. The van der Waals surface area contributed by atoms with Gasteiger partial charge in [-0.25, -0.2) is 4.98 Å². The zero-order valence-corrected chi connectivity index (χ0v) is 15.5. The van der Waals surface area contributed by atoms with Crippen molar-refractivity contribution in [2.75, 3.05) is 5.32 Å². The predicted octanol–water partition coefficient (Wildman–Crippen LogP) is 3.10. The Morgan fingerprint density at radius 1 is 1.35 bits per heavy atom. The Morgan fingerprint density at radius 3 is 2.96 bits per heavy atom. The second-order valence-corrected chi connectivity index (χ2v) is 7.09. The number of H-pyrrole nitrogens is 1. The van der Waals surface area contributed by atoms with Crippen molar-refractivity contribution < 1.29 is 0 Å². The molecule has 2 N–H and O–H groups in total. The molecular weight excluding hydrogens is 374 g/mol. The van der Waals surface area contributed by atoms with E-state index < -0.39 is 0 Å². The molecule has 1 aromatic carbocycles. The molecule has 1 atom stereocenters. The van der Waals surface area contributed by atoms with Crippen molar-refractivity contribution in [3.63, 3.8) is 0 Å². The molecule has 4 rings (SSSR count). The molecule has 0 spiro atoms. The van der Waals surface area contributed by atoms with Crippen LogP contribution in [0.25, 0.3) is 16.7 Å². The first-order valence-electron chi connectivity index (χ1n) is 7.81. The largest absolute Gasteiger partial charge is 0.355 e. The van der Waals surface area contributed by atoms with Crippen molar-refractivity contribution in [2.24, 2.45) is 0 Å². The molecule has 0 fully saturated rings. The number of halogens is 1. The van der Waals surface area contributed by atoms with E-state index in [0.717, 1.165) is 10.9 Å². The summed E-state index contributed by atoms with van der Waals surface area (Å²) in [6.45, 7) is 3.71. The first-order valence-corrected chi connectivity index (χ1v) is 9.07. The Balaban J connectivity index is 1.62. The number of aromatic nitrogens is 6. The van der Waals surface area contributed by atoms with Gasteiger partial charge in [0.2, 0.25) is 0 Å². The summed E-state index contributed by atoms with van der Waals surface area (Å²) in [5.74, 6) is 1.28. The SMILES string of the molecule is Cc1nnnn1-c1csc(N[C@@H](C)c2cc3cc(Cl)ccc3[nH]c2=O)n1. The maximum Gasteiger partial charge on any atom is 0.253 e. The van der Waals surface area contributed by atoms with Gasteiger partial charge in [0.15, 0.2) is 16.8 Å². The van der Waals surface area contributed by atoms with Crippen molar-refractivity contribution in [1.29, 1.82) is 0 Å². The average Bonchev–Trinajstić information content (AvgIpc) is 3.23. The second-order valence-electron chi connectivity index (χ2n) is 5.80. The number of thiazole rings is 1. The van der Waals surface area contributed by atoms with E-state index in [4.69, 9.17) is 11.6 Å². The number of fused-ring (bicyclic) bond motifs is 1. The van der Waals surface area contributed by atoms with Gasteiger partial charge in [0.1, 0.15) is 0 Å². The number of rotatable bonds is 4. The van der Waals surface area contributed by atoms with E-state index >= 15 is 0 Å². The second kappa shape index (κ2) is 6.50. The zero-order chi connectivity index (χ0) is 18.3. The fraction of sp³-hybridized carbons (Fsp3) is 0.188. The molecule has 0 bridgehead atoms. The number of aryl methyl sites for hydroxylation is 1. The maximum atomic E-state index is 12.4. The normalized spacial score (nSPS) is 12.4. The highest BCUT2D eigenvalue weighted by molar-refractivity contribution is 7.13. The molecule has 0 saturated carbocycles. The van der Waals surface area contributed by atoms with Gasteiger partial charge in [0, 0.05) is 26.9 Å². The Bertz CT molecular complexity index is 1150. The van der Waals surface area contributed by atoms with Crippen LogP contribution in [0.3, 0.4) is 0 Å². The number of nitrogens with zero attached hydrogens (tertiary/aromatic N) is 5. The lowest BCUT2D eigenvalue weighted by Crippen LogP contribution is -2.19. The zero-order valence-electron chi connectivity index (χ0n) is 13.9. The molecule has 3 heterocycles. The van der Waals surface area contributed by atoms with Crippen LogP contribution < -0.4 is 10.9 Å². The number of anilines is 1. The van der Waals surface area contributed by atoms with E-state index in [1.807, 2.05) is 24.4 Å². The third-order valence-electron chi connectivity index (χ3n) is 3.98. The molecule has 0 amide bonds. The van der Waals surface area contributed by atoms with Crippen LogP contribution in [0.2, 0.25) is 5.02 Å². The molecule has 132 valence electrons. The van der Waals surface area contributed by atoms with Crippen LogP contribution >= 0.6 is 22.9 Å². The highest BCUT2D eigenvalue weighted by Gasteiger charge is 2.14. The van der Waals surface area contributed by atoms with E-state index in [1.54, 1.807) is 23.7 Å². The standard InChI is InChI=1S/C16H14ClN7OS/c1-8(12-6-10-5-11(17)3-4-13(10)19-15(12)25)18-16-20-14(7-26-16)24-9(2)21-22-23-24/h3-8H,1-2H3,(H,18,20)(H,19,25)/t8-/m0/s1. The predicted molar refractivity (Wildman–Crippen MR) is 101 cm³/mol. The van der Waals surface area contributed by atoms with Crippen molar-refractivity contribution in [3.8, 4) is 5.82 Å². The van der Waals surface area contributed by atoms with Gasteiger partial charge in [0.05, 0.1) is 6.04 Å². The molecule has 0 unspecified atom stereocenters. The lowest BCUT2D eigenvalue weighted by atomic mass is 10.1. The van der Waals surface area contributed by atoms with Crippen LogP contribution in [0.4, 0.5) is 5.13 Å². The summed E-state index contributed by atoms with van der Waals surface area (Å²) in [4.78, 5) is 19.8. The first-order chi connectivity index (χ1) is 12.5. The lowest BCUT2D eigenvalue weighted by molar-refractivity contribution is 0.763. The topological polar surface area (TPSA) is 101 Å². The highest BCUT2D eigenvalue weighted by Crippen LogP contribution is 2.24. The minimum atomic E-state index is -0.240. The average molecular weight is 388 g/mol. The number of benzene rings is 1. The van der Waals surface area contributed by atoms with Gasteiger partial charge in [-0.15, -0.1) is 16.4 Å². The Labute approximate surface area is 156 Å². The van der Waals surface area contributed by atoms with Crippen LogP contribution in [-0.2, 0) is 0 Å². The molecule has 26 heavy (non-hydrogen) atoms. The van der Waals surface area contributed by atoms with E-state index in [-0.39, 0.29) is 11.6 Å². The molecule has 4 aromatic rings. The monoisotopic (exact) mass is 387 g/mol. The number of hydrogen-bond acceptors (Lipinski definition) is 7. The molecule has 8 nitrogen and oxygen atoms in total. The van der Waals surface area contributed by atoms with Gasteiger partial charge in [-0.05, 0) is 48.5 Å². The van der Waals surface area contributed by atoms with Gasteiger partial charge in [0.25, 0.3) is 5.56 Å². The van der Waals surface area contributed by atoms with Crippen molar-refractivity contribution in [2.45, 2.75) is 19.9 Å². The van der Waals surface area contributed by atoms with Gasteiger partial charge >= 0.3 is 0 Å². The third-order valence-corrected chi connectivity index (χ3v) is 4.97. The van der Waals surface area contributed by atoms with Gasteiger partial charge in [-0.2, -0.15) is 4.68 Å². The number of aromatic amines is 1. The Hall–Kier alpha value is -2.78. The smallest absolute Gasteiger partial charge is 0.253 e. The molecule has 0 aliphatic rings. The van der Waals surface area contributed by atoms with E-state index in [2.05, 4.69) is 30.8 Å². The van der Waals surface area contributed by atoms with E-state index in [0.29, 0.717) is 27.4 Å². The molecule has 0 saturated heterocycles. The molecular formula is C16H14ClN7OS. The van der Waals surface area contributed by atoms with Gasteiger partial charge in [-0.3, -0.25) is 4.79 Å². The van der Waals surface area contributed by atoms with Crippen LogP contribution in [0.1, 0.15) is 24.4 Å². The third kappa shape index (κ3) is 3.06. The fourth-order valence-electron chi connectivity index (χ4n) is 2.65.